The molecule has 9 heteroatoms. The van der Waals surface area contributed by atoms with Crippen molar-refractivity contribution < 1.29 is 22.9 Å². The molecule has 7 nitrogen and oxygen atoms in total. The van der Waals surface area contributed by atoms with Crippen LogP contribution < -0.4 is 0 Å². The summed E-state index contributed by atoms with van der Waals surface area (Å²) >= 11 is 0. The van der Waals surface area contributed by atoms with Gasteiger partial charge in [0.25, 0.3) is 0 Å². The van der Waals surface area contributed by atoms with Gasteiger partial charge in [0.2, 0.25) is 5.91 Å². The Kier molecular flexibility index (Phi) is 5.80. The van der Waals surface area contributed by atoms with Crippen molar-refractivity contribution in [2.45, 2.75) is 25.9 Å². The number of amides is 1. The summed E-state index contributed by atoms with van der Waals surface area (Å²) in [5.41, 5.74) is 2.20. The first-order valence-electron chi connectivity index (χ1n) is 9.57. The van der Waals surface area contributed by atoms with Crippen molar-refractivity contribution >= 4 is 5.91 Å². The van der Waals surface area contributed by atoms with E-state index in [1.54, 1.807) is 30.0 Å². The van der Waals surface area contributed by atoms with E-state index in [4.69, 9.17) is 4.74 Å². The highest BCUT2D eigenvalue weighted by atomic mass is 19.1. The van der Waals surface area contributed by atoms with Gasteiger partial charge in [-0.1, -0.05) is 22.4 Å². The molecule has 0 saturated carbocycles. The summed E-state index contributed by atoms with van der Waals surface area (Å²) in [6.07, 6.45) is -0.299. The van der Waals surface area contributed by atoms with Crippen molar-refractivity contribution in [1.82, 2.24) is 20.2 Å². The average molecular weight is 414 g/mol. The molecule has 4 rings (SSSR count). The molecule has 30 heavy (non-hydrogen) atoms. The maximum atomic E-state index is 14.0. The van der Waals surface area contributed by atoms with Crippen LogP contribution in [0.5, 0.6) is 0 Å². The number of morpholine rings is 1. The van der Waals surface area contributed by atoms with Crippen LogP contribution in [0.25, 0.3) is 0 Å². The number of pyridine rings is 1. The van der Waals surface area contributed by atoms with Crippen LogP contribution in [0.15, 0.2) is 41.0 Å². The Balaban J connectivity index is 1.47. The predicted molar refractivity (Wildman–Crippen MR) is 101 cm³/mol. The van der Waals surface area contributed by atoms with Crippen LogP contribution in [0.2, 0.25) is 0 Å². The van der Waals surface area contributed by atoms with Crippen LogP contribution in [-0.4, -0.2) is 45.8 Å². The Bertz CT molecular complexity index is 1040. The van der Waals surface area contributed by atoms with Crippen LogP contribution in [0.4, 0.5) is 8.78 Å². The smallest absolute Gasteiger partial charge is 0.228 e. The number of carbonyl (C=O) groups is 1. The molecule has 1 aliphatic rings. The zero-order valence-corrected chi connectivity index (χ0v) is 16.3. The van der Waals surface area contributed by atoms with E-state index < -0.39 is 17.7 Å². The van der Waals surface area contributed by atoms with Gasteiger partial charge in [0.1, 0.15) is 29.1 Å². The third-order valence-corrected chi connectivity index (χ3v) is 5.06. The molecule has 1 aromatic carbocycles. The van der Waals surface area contributed by atoms with Gasteiger partial charge in [-0.2, -0.15) is 0 Å². The first kappa shape index (κ1) is 20.1. The summed E-state index contributed by atoms with van der Waals surface area (Å²) in [5, 5.41) is 7.44. The van der Waals surface area contributed by atoms with E-state index in [-0.39, 0.29) is 24.3 Å². The molecular formula is C21H20F2N4O3. The third kappa shape index (κ3) is 4.35. The Morgan fingerprint density at radius 3 is 2.67 bits per heavy atom. The maximum absolute atomic E-state index is 14.0. The molecule has 3 heterocycles. The molecule has 1 saturated heterocycles. The van der Waals surface area contributed by atoms with E-state index in [0.717, 1.165) is 0 Å². The molecule has 0 radical (unpaired) electrons. The summed E-state index contributed by atoms with van der Waals surface area (Å²) in [4.78, 5) is 18.8. The summed E-state index contributed by atoms with van der Waals surface area (Å²) in [6.45, 7) is 2.88. The zero-order valence-electron chi connectivity index (χ0n) is 16.3. The van der Waals surface area contributed by atoms with Crippen molar-refractivity contribution in [1.29, 1.82) is 0 Å². The molecule has 156 valence electrons. The number of hydrogen-bond acceptors (Lipinski definition) is 6. The Labute approximate surface area is 171 Å². The second kappa shape index (κ2) is 8.66. The number of carbonyl (C=O) groups excluding carboxylic acids is 1. The standard InChI is InChI=1S/C21H20F2N4O3/c1-13-19(26-30-25-13)11-21(28)27-8-9-29-20(12-27)18-7-2-4-14(24-18)10-15-16(22)5-3-6-17(15)23/h2-7,20H,8-12H2,1H3. The second-order valence-electron chi connectivity index (χ2n) is 7.10. The monoisotopic (exact) mass is 414 g/mol. The summed E-state index contributed by atoms with van der Waals surface area (Å²) in [5.74, 6) is -1.32. The molecule has 1 fully saturated rings. The topological polar surface area (TPSA) is 81.4 Å². The van der Waals surface area contributed by atoms with Crippen LogP contribution in [0, 0.1) is 18.6 Å². The molecular weight excluding hydrogens is 394 g/mol. The quantitative estimate of drug-likeness (QED) is 0.639. The number of nitrogens with zero attached hydrogens (tertiary/aromatic N) is 4. The molecule has 0 spiro atoms. The highest BCUT2D eigenvalue weighted by Gasteiger charge is 2.27. The Morgan fingerprint density at radius 1 is 1.17 bits per heavy atom. The number of aromatic nitrogens is 3. The Morgan fingerprint density at radius 2 is 1.93 bits per heavy atom. The van der Waals surface area contributed by atoms with Gasteiger partial charge in [0.15, 0.2) is 0 Å². The van der Waals surface area contributed by atoms with Gasteiger partial charge in [0, 0.05) is 24.2 Å². The molecule has 0 N–H and O–H groups in total. The van der Waals surface area contributed by atoms with E-state index in [0.29, 0.717) is 42.5 Å². The van der Waals surface area contributed by atoms with Crippen molar-refractivity contribution in [2.24, 2.45) is 0 Å². The van der Waals surface area contributed by atoms with Crippen molar-refractivity contribution in [3.8, 4) is 0 Å². The lowest BCUT2D eigenvalue weighted by atomic mass is 10.1. The van der Waals surface area contributed by atoms with Crippen molar-refractivity contribution in [2.75, 3.05) is 19.7 Å². The Hall–Kier alpha value is -3.20. The summed E-state index contributed by atoms with van der Waals surface area (Å²) in [6, 6.07) is 9.04. The van der Waals surface area contributed by atoms with Crippen LogP contribution >= 0.6 is 0 Å². The number of benzene rings is 1. The van der Waals surface area contributed by atoms with Gasteiger partial charge < -0.3 is 9.64 Å². The number of aryl methyl sites for hydroxylation is 1. The van der Waals surface area contributed by atoms with Crippen LogP contribution in [-0.2, 0) is 22.4 Å². The molecule has 0 bridgehead atoms. The maximum Gasteiger partial charge on any atom is 0.228 e. The minimum atomic E-state index is -0.606. The molecule has 1 unspecified atom stereocenters. The average Bonchev–Trinajstić information content (AvgIpc) is 3.15. The predicted octanol–water partition coefficient (Wildman–Crippen LogP) is 2.78. The van der Waals surface area contributed by atoms with Gasteiger partial charge in [-0.05, 0) is 31.2 Å². The van der Waals surface area contributed by atoms with Crippen molar-refractivity contribution in [3.63, 3.8) is 0 Å². The SMILES string of the molecule is Cc1nonc1CC(=O)N1CCOC(c2cccc(Cc3c(F)cccc3F)n2)C1. The molecule has 1 amide bonds. The molecule has 1 aliphatic heterocycles. The van der Waals surface area contributed by atoms with E-state index in [1.165, 1.54) is 18.2 Å². The van der Waals surface area contributed by atoms with E-state index in [2.05, 4.69) is 19.9 Å². The van der Waals surface area contributed by atoms with Gasteiger partial charge in [-0.25, -0.2) is 13.4 Å². The first-order valence-corrected chi connectivity index (χ1v) is 9.57. The first-order chi connectivity index (χ1) is 14.5. The fraction of sp³-hybridized carbons (Fsp3) is 0.333. The van der Waals surface area contributed by atoms with E-state index >= 15 is 0 Å². The van der Waals surface area contributed by atoms with Crippen LogP contribution in [0.1, 0.15) is 34.4 Å². The molecule has 0 aliphatic carbocycles. The molecule has 2 aromatic heterocycles. The van der Waals surface area contributed by atoms with E-state index in [9.17, 15) is 13.6 Å². The number of halogens is 2. The fourth-order valence-electron chi connectivity index (χ4n) is 3.38. The highest BCUT2D eigenvalue weighted by molar-refractivity contribution is 5.78. The lowest BCUT2D eigenvalue weighted by Gasteiger charge is -2.32. The summed E-state index contributed by atoms with van der Waals surface area (Å²) < 4.78 is 38.4. The second-order valence-corrected chi connectivity index (χ2v) is 7.10. The number of ether oxygens (including phenoxy) is 1. The van der Waals surface area contributed by atoms with Gasteiger partial charge in [-0.3, -0.25) is 9.78 Å². The van der Waals surface area contributed by atoms with Gasteiger partial charge >= 0.3 is 0 Å². The minimum absolute atomic E-state index is 0.0277. The van der Waals surface area contributed by atoms with Crippen molar-refractivity contribution in [3.05, 3.63) is 76.4 Å². The normalized spacial score (nSPS) is 16.6. The summed E-state index contributed by atoms with van der Waals surface area (Å²) in [7, 11) is 0. The zero-order chi connectivity index (χ0) is 21.1. The van der Waals surface area contributed by atoms with Gasteiger partial charge in [0.05, 0.1) is 25.3 Å². The largest absolute Gasteiger partial charge is 0.368 e. The van der Waals surface area contributed by atoms with Crippen LogP contribution in [0.3, 0.4) is 0 Å². The highest BCUT2D eigenvalue weighted by Crippen LogP contribution is 2.23. The molecule has 3 aromatic rings. The fourth-order valence-corrected chi connectivity index (χ4v) is 3.38. The lowest BCUT2D eigenvalue weighted by molar-refractivity contribution is -0.138. The van der Waals surface area contributed by atoms with E-state index in [1.807, 2.05) is 0 Å². The number of rotatable bonds is 5. The lowest BCUT2D eigenvalue weighted by Crippen LogP contribution is -2.43. The molecule has 1 atom stereocenters. The van der Waals surface area contributed by atoms with Gasteiger partial charge in [-0.15, -0.1) is 0 Å². The third-order valence-electron chi connectivity index (χ3n) is 5.06. The number of hydrogen-bond donors (Lipinski definition) is 0. The minimum Gasteiger partial charge on any atom is -0.368 e.